The van der Waals surface area contributed by atoms with Gasteiger partial charge in [-0.3, -0.25) is 9.59 Å². The number of nitrogens with one attached hydrogen (secondary N) is 1. The quantitative estimate of drug-likeness (QED) is 0.196. The molecule has 2 heterocycles. The highest BCUT2D eigenvalue weighted by Gasteiger charge is 2.40. The molecule has 222 valence electrons. The van der Waals surface area contributed by atoms with E-state index in [0.29, 0.717) is 5.92 Å². The maximum absolute atomic E-state index is 10.3. The number of hydrogen-bond acceptors (Lipinski definition) is 8. The number of para-hydroxylation sites is 1. The lowest BCUT2D eigenvalue weighted by atomic mass is 9.92. The molecule has 3 aromatic carbocycles. The van der Waals surface area contributed by atoms with Gasteiger partial charge in [-0.15, -0.1) is 0 Å². The predicted octanol–water partition coefficient (Wildman–Crippen LogP) is 4.55. The molecule has 0 spiro atoms. The summed E-state index contributed by atoms with van der Waals surface area (Å²) in [6.07, 6.45) is -2.29. The molecule has 11 heteroatoms. The molecule has 1 fully saturated rings. The van der Waals surface area contributed by atoms with E-state index in [1.165, 1.54) is 38.0 Å². The van der Waals surface area contributed by atoms with Crippen LogP contribution in [0.25, 0.3) is 0 Å². The maximum Gasteiger partial charge on any atom is 0.336 e. The number of fused-ring (bicyclic) bond motifs is 2. The Kier molecular flexibility index (Phi) is 9.77. The Labute approximate surface area is 248 Å². The van der Waals surface area contributed by atoms with E-state index in [9.17, 15) is 14.4 Å². The van der Waals surface area contributed by atoms with E-state index in [1.807, 2.05) is 11.8 Å². The summed E-state index contributed by atoms with van der Waals surface area (Å²) in [5.74, 6) is -4.65. The molecule has 5 rings (SSSR count). The van der Waals surface area contributed by atoms with Crippen LogP contribution in [0.5, 0.6) is 0 Å². The van der Waals surface area contributed by atoms with Crippen LogP contribution >= 0.6 is 11.8 Å². The smallest absolute Gasteiger partial charge is 0.336 e. The number of carbonyl (C=O) groups is 3. The second kappa shape index (κ2) is 13.3. The Morgan fingerprint density at radius 1 is 0.833 bits per heavy atom. The number of nitrogens with zero attached hydrogens (tertiary/aromatic N) is 2. The molecule has 0 saturated carbocycles. The van der Waals surface area contributed by atoms with Crippen molar-refractivity contribution in [3.05, 3.63) is 77.9 Å². The molecule has 0 aromatic heterocycles. The van der Waals surface area contributed by atoms with Gasteiger partial charge in [0.15, 0.2) is 5.60 Å². The Morgan fingerprint density at radius 2 is 1.40 bits per heavy atom. The van der Waals surface area contributed by atoms with Crippen LogP contribution in [0.2, 0.25) is 0 Å². The lowest BCUT2D eigenvalue weighted by Gasteiger charge is -2.34. The van der Waals surface area contributed by atoms with Crippen LogP contribution in [0.15, 0.2) is 76.5 Å². The molecular weight excluding hydrogens is 558 g/mol. The van der Waals surface area contributed by atoms with Crippen LogP contribution in [0.4, 0.5) is 17.1 Å². The molecule has 2 aliphatic rings. The monoisotopic (exact) mass is 593 g/mol. The number of hydrogen-bond donors (Lipinski definition) is 5. The molecule has 0 amide bonds. The highest BCUT2D eigenvalue weighted by atomic mass is 32.2. The molecule has 0 bridgehead atoms. The second-order valence-electron chi connectivity index (χ2n) is 10.6. The zero-order valence-electron chi connectivity index (χ0n) is 23.5. The predicted molar refractivity (Wildman–Crippen MR) is 161 cm³/mol. The summed E-state index contributed by atoms with van der Waals surface area (Å²) in [6.45, 7) is 6.81. The van der Waals surface area contributed by atoms with Gasteiger partial charge >= 0.3 is 17.9 Å². The third kappa shape index (κ3) is 7.61. The Balaban J connectivity index is 0.000000266. The lowest BCUT2D eigenvalue weighted by molar-refractivity contribution is -0.170. The molecule has 0 aliphatic carbocycles. The van der Waals surface area contributed by atoms with Gasteiger partial charge in [0.2, 0.25) is 0 Å². The van der Waals surface area contributed by atoms with Crippen molar-refractivity contribution in [2.24, 2.45) is 0 Å². The molecule has 0 radical (unpaired) electrons. The van der Waals surface area contributed by atoms with E-state index in [1.54, 1.807) is 0 Å². The number of likely N-dealkylation sites (N-methyl/N-ethyl adjacent to an activating group) is 1. The highest BCUT2D eigenvalue weighted by molar-refractivity contribution is 7.99. The van der Waals surface area contributed by atoms with Crippen LogP contribution in [0.1, 0.15) is 36.8 Å². The summed E-state index contributed by atoms with van der Waals surface area (Å²) in [5.41, 5.74) is 3.74. The normalized spacial score (nSPS) is 15.3. The average molecular weight is 594 g/mol. The first-order valence-corrected chi connectivity index (χ1v) is 14.4. The third-order valence-electron chi connectivity index (χ3n) is 7.43. The number of aliphatic hydroxyl groups is 1. The van der Waals surface area contributed by atoms with Gasteiger partial charge in [-0.2, -0.15) is 0 Å². The van der Waals surface area contributed by atoms with Crippen molar-refractivity contribution >= 4 is 46.7 Å². The average Bonchev–Trinajstić information content (AvgIpc) is 2.95. The van der Waals surface area contributed by atoms with E-state index in [2.05, 4.69) is 95.8 Å². The number of anilines is 3. The molecule has 10 nitrogen and oxygen atoms in total. The first-order chi connectivity index (χ1) is 19.9. The minimum absolute atomic E-state index is 0.366. The SMILES string of the molecule is CC(c1ccc(N2CCN(C)CC2)cc1)c1ccc2c(c1)Nc1ccccc1S2.O=C(O)CC(O)(CC(=O)O)C(=O)O. The number of carboxylic acids is 3. The number of carboxylic acid groups (broad SMARTS) is 3. The van der Waals surface area contributed by atoms with Crippen molar-refractivity contribution in [3.63, 3.8) is 0 Å². The standard InChI is InChI=1S/C25H27N3S.C6H8O7/c1-18(19-7-10-21(11-8-19)28-15-13-27(2)14-16-28)20-9-12-25-23(17-20)26-22-5-3-4-6-24(22)29-25;7-3(8)1-6(13,5(11)12)2-4(9)10/h3-12,17-18,26H,13-16H2,1-2H3;13H,1-2H2,(H,7,8)(H,9,10)(H,11,12). The van der Waals surface area contributed by atoms with Crippen LogP contribution in [0.3, 0.4) is 0 Å². The van der Waals surface area contributed by atoms with Gasteiger partial charge in [0.05, 0.1) is 24.2 Å². The fourth-order valence-electron chi connectivity index (χ4n) is 4.87. The molecular formula is C31H35N3O7S. The van der Waals surface area contributed by atoms with Crippen molar-refractivity contribution in [1.82, 2.24) is 4.90 Å². The van der Waals surface area contributed by atoms with Gasteiger partial charge in [-0.1, -0.05) is 49.0 Å². The van der Waals surface area contributed by atoms with Gasteiger partial charge in [0, 0.05) is 47.6 Å². The topological polar surface area (TPSA) is 151 Å². The summed E-state index contributed by atoms with van der Waals surface area (Å²) >= 11 is 1.85. The van der Waals surface area contributed by atoms with Gasteiger partial charge in [-0.05, 0) is 54.6 Å². The molecule has 1 saturated heterocycles. The maximum atomic E-state index is 10.3. The summed E-state index contributed by atoms with van der Waals surface area (Å²) in [6, 6.07) is 24.6. The van der Waals surface area contributed by atoms with Crippen molar-refractivity contribution in [2.75, 3.05) is 43.4 Å². The fraction of sp³-hybridized carbons (Fsp3) is 0.323. The summed E-state index contributed by atoms with van der Waals surface area (Å²) in [5, 5.41) is 37.4. The number of aliphatic carboxylic acids is 3. The van der Waals surface area contributed by atoms with Crippen molar-refractivity contribution in [2.45, 2.75) is 41.1 Å². The van der Waals surface area contributed by atoms with E-state index < -0.39 is 36.4 Å². The van der Waals surface area contributed by atoms with Gasteiger partial charge in [0.1, 0.15) is 0 Å². The second-order valence-corrected chi connectivity index (χ2v) is 11.6. The van der Waals surface area contributed by atoms with Crippen LogP contribution in [0, 0.1) is 0 Å². The highest BCUT2D eigenvalue weighted by Crippen LogP contribution is 2.45. The lowest BCUT2D eigenvalue weighted by Crippen LogP contribution is -2.44. The van der Waals surface area contributed by atoms with E-state index in [4.69, 9.17) is 20.4 Å². The minimum atomic E-state index is -2.74. The van der Waals surface area contributed by atoms with Crippen molar-refractivity contribution < 1.29 is 34.8 Å². The number of rotatable bonds is 8. The molecule has 5 N–H and O–H groups in total. The third-order valence-corrected chi connectivity index (χ3v) is 8.58. The Morgan fingerprint density at radius 3 is 2.00 bits per heavy atom. The minimum Gasteiger partial charge on any atom is -0.481 e. The molecule has 42 heavy (non-hydrogen) atoms. The molecule has 1 atom stereocenters. The molecule has 2 aliphatic heterocycles. The first kappa shape index (κ1) is 30.9. The molecule has 3 aromatic rings. The van der Waals surface area contributed by atoms with Crippen LogP contribution < -0.4 is 10.2 Å². The van der Waals surface area contributed by atoms with Crippen LogP contribution in [-0.4, -0.2) is 82.1 Å². The van der Waals surface area contributed by atoms with Crippen LogP contribution in [-0.2, 0) is 14.4 Å². The zero-order valence-corrected chi connectivity index (χ0v) is 24.3. The van der Waals surface area contributed by atoms with Gasteiger partial charge in [0.25, 0.3) is 0 Å². The van der Waals surface area contributed by atoms with Gasteiger partial charge in [-0.25, -0.2) is 4.79 Å². The van der Waals surface area contributed by atoms with E-state index >= 15 is 0 Å². The van der Waals surface area contributed by atoms with Crippen molar-refractivity contribution in [3.8, 4) is 0 Å². The van der Waals surface area contributed by atoms with Crippen molar-refractivity contribution in [1.29, 1.82) is 0 Å². The number of piperazine rings is 1. The largest absolute Gasteiger partial charge is 0.481 e. The zero-order chi connectivity index (χ0) is 30.4. The Hall–Kier alpha value is -4.06. The van der Waals surface area contributed by atoms with E-state index in [-0.39, 0.29) is 0 Å². The fourth-order valence-corrected chi connectivity index (χ4v) is 5.84. The Bertz CT molecular complexity index is 1420. The molecule has 1 unspecified atom stereocenters. The summed E-state index contributed by atoms with van der Waals surface area (Å²) in [4.78, 5) is 38.0. The first-order valence-electron chi connectivity index (χ1n) is 13.6. The van der Waals surface area contributed by atoms with E-state index in [0.717, 1.165) is 26.2 Å². The number of benzene rings is 3. The summed E-state index contributed by atoms with van der Waals surface area (Å²) in [7, 11) is 2.20. The van der Waals surface area contributed by atoms with Gasteiger partial charge < -0.3 is 35.5 Å². The summed E-state index contributed by atoms with van der Waals surface area (Å²) < 4.78 is 0.